The fourth-order valence-electron chi connectivity index (χ4n) is 2.84. The Bertz CT molecular complexity index is 631. The molecule has 0 radical (unpaired) electrons. The monoisotopic (exact) mass is 377 g/mol. The first-order valence-corrected chi connectivity index (χ1v) is 9.27. The minimum absolute atomic E-state index is 0. The summed E-state index contributed by atoms with van der Waals surface area (Å²) in [4.78, 5) is 2.21. The average Bonchev–Trinajstić information content (AvgIpc) is 2.61. The van der Waals surface area contributed by atoms with Crippen LogP contribution in [0, 0.1) is 0 Å². The molecule has 144 valence electrons. The largest absolute Gasteiger partial charge is 0.494 e. The Kier molecular flexibility index (Phi) is 10.8. The predicted octanol–water partition coefficient (Wildman–Crippen LogP) is 5.01. The Morgan fingerprint density at radius 1 is 0.769 bits per heavy atom. The second-order valence-corrected chi connectivity index (χ2v) is 6.51. The van der Waals surface area contributed by atoms with Crippen LogP contribution in [-0.4, -0.2) is 38.8 Å². The van der Waals surface area contributed by atoms with Crippen molar-refractivity contribution in [3.05, 3.63) is 59.7 Å². The Labute approximate surface area is 164 Å². The third kappa shape index (κ3) is 7.67. The molecule has 0 saturated heterocycles. The molecule has 3 nitrogen and oxygen atoms in total. The highest BCUT2D eigenvalue weighted by Gasteiger charge is 2.07. The van der Waals surface area contributed by atoms with E-state index in [4.69, 9.17) is 9.47 Å². The summed E-state index contributed by atoms with van der Waals surface area (Å²) in [6.45, 7) is 4.61. The van der Waals surface area contributed by atoms with Crippen molar-refractivity contribution in [1.82, 2.24) is 4.90 Å². The van der Waals surface area contributed by atoms with Gasteiger partial charge in [0.05, 0.1) is 13.2 Å². The van der Waals surface area contributed by atoms with Crippen molar-refractivity contribution in [3.8, 4) is 11.5 Å². The van der Waals surface area contributed by atoms with Gasteiger partial charge in [-0.2, -0.15) is 0 Å². The van der Waals surface area contributed by atoms with Crippen molar-refractivity contribution < 1.29 is 9.47 Å². The van der Waals surface area contributed by atoms with Crippen LogP contribution in [0.15, 0.2) is 48.5 Å². The van der Waals surface area contributed by atoms with Gasteiger partial charge in [-0.15, -0.1) is 12.4 Å². The second kappa shape index (κ2) is 12.6. The smallest absolute Gasteiger partial charge is 0.122 e. The van der Waals surface area contributed by atoms with E-state index in [-0.39, 0.29) is 12.4 Å². The van der Waals surface area contributed by atoms with E-state index in [0.717, 1.165) is 50.3 Å². The van der Waals surface area contributed by atoms with Crippen LogP contribution in [0.25, 0.3) is 0 Å². The Morgan fingerprint density at radius 2 is 1.31 bits per heavy atom. The van der Waals surface area contributed by atoms with Crippen LogP contribution in [0.5, 0.6) is 11.5 Å². The van der Waals surface area contributed by atoms with Crippen molar-refractivity contribution in [2.75, 3.05) is 33.9 Å². The van der Waals surface area contributed by atoms with Crippen molar-refractivity contribution in [2.45, 2.75) is 32.6 Å². The highest BCUT2D eigenvalue weighted by atomic mass is 35.5. The summed E-state index contributed by atoms with van der Waals surface area (Å²) in [5, 5.41) is 0. The zero-order valence-corrected chi connectivity index (χ0v) is 17.1. The van der Waals surface area contributed by atoms with Crippen molar-refractivity contribution in [3.63, 3.8) is 0 Å². The summed E-state index contributed by atoms with van der Waals surface area (Å²) in [6.07, 6.45) is 4.16. The maximum Gasteiger partial charge on any atom is 0.122 e. The number of hydrogen-bond donors (Lipinski definition) is 0. The van der Waals surface area contributed by atoms with Gasteiger partial charge in [-0.1, -0.05) is 36.4 Å². The normalized spacial score (nSPS) is 10.5. The van der Waals surface area contributed by atoms with Crippen molar-refractivity contribution in [2.24, 2.45) is 0 Å². The van der Waals surface area contributed by atoms with E-state index in [9.17, 15) is 0 Å². The summed E-state index contributed by atoms with van der Waals surface area (Å²) < 4.78 is 11.8. The van der Waals surface area contributed by atoms with E-state index < -0.39 is 0 Å². The molecule has 0 spiro atoms. The lowest BCUT2D eigenvalue weighted by Crippen LogP contribution is -2.13. The van der Waals surface area contributed by atoms with Gasteiger partial charge >= 0.3 is 0 Å². The molecule has 4 heteroatoms. The lowest BCUT2D eigenvalue weighted by molar-refractivity contribution is 0.290. The fourth-order valence-corrected chi connectivity index (χ4v) is 2.84. The number of nitrogens with zero attached hydrogens (tertiary/aromatic N) is 1. The van der Waals surface area contributed by atoms with E-state index >= 15 is 0 Å². The molecule has 2 rings (SSSR count). The molecule has 0 atom stereocenters. The molecule has 0 aliphatic rings. The first-order chi connectivity index (χ1) is 12.2. The number of para-hydroxylation sites is 2. The summed E-state index contributed by atoms with van der Waals surface area (Å²) in [6, 6.07) is 16.7. The van der Waals surface area contributed by atoms with Crippen LogP contribution in [0.4, 0.5) is 0 Å². The van der Waals surface area contributed by atoms with E-state index in [2.05, 4.69) is 49.3 Å². The van der Waals surface area contributed by atoms with Gasteiger partial charge in [-0.3, -0.25) is 0 Å². The minimum Gasteiger partial charge on any atom is -0.494 e. The van der Waals surface area contributed by atoms with Crippen molar-refractivity contribution >= 4 is 12.4 Å². The van der Waals surface area contributed by atoms with E-state index in [1.54, 1.807) is 0 Å². The van der Waals surface area contributed by atoms with Crippen LogP contribution < -0.4 is 9.47 Å². The van der Waals surface area contributed by atoms with Gasteiger partial charge in [0.15, 0.2) is 0 Å². The number of halogens is 1. The second-order valence-electron chi connectivity index (χ2n) is 6.51. The molecule has 0 aliphatic heterocycles. The number of hydrogen-bond acceptors (Lipinski definition) is 3. The van der Waals surface area contributed by atoms with E-state index in [1.807, 2.05) is 25.1 Å². The van der Waals surface area contributed by atoms with Gasteiger partial charge in [0.25, 0.3) is 0 Å². The van der Waals surface area contributed by atoms with Gasteiger partial charge in [-0.25, -0.2) is 0 Å². The quantitative estimate of drug-likeness (QED) is 0.513. The summed E-state index contributed by atoms with van der Waals surface area (Å²) in [5.74, 6) is 2.01. The molecule has 0 bridgehead atoms. The summed E-state index contributed by atoms with van der Waals surface area (Å²) in [7, 11) is 4.21. The van der Waals surface area contributed by atoms with E-state index in [1.165, 1.54) is 11.1 Å². The molecule has 0 aromatic heterocycles. The molecule has 0 unspecified atom stereocenters. The van der Waals surface area contributed by atoms with Gasteiger partial charge < -0.3 is 14.4 Å². The van der Waals surface area contributed by atoms with Crippen molar-refractivity contribution in [1.29, 1.82) is 0 Å². The molecule has 26 heavy (non-hydrogen) atoms. The Morgan fingerprint density at radius 3 is 1.85 bits per heavy atom. The highest BCUT2D eigenvalue weighted by molar-refractivity contribution is 5.85. The predicted molar refractivity (Wildman–Crippen MR) is 112 cm³/mol. The molecule has 0 fully saturated rings. The fraction of sp³-hybridized carbons (Fsp3) is 0.455. The van der Waals surface area contributed by atoms with Crippen LogP contribution in [0.3, 0.4) is 0 Å². The standard InChI is InChI=1S/C22H31NO2.ClH/c1-4-24-21-13-7-5-11-19(21)15-16-20-12-6-8-14-22(20)25-18-10-9-17-23(2)3;/h5-8,11-14H,4,9-10,15-18H2,1-3H3;1H. The molecule has 0 saturated carbocycles. The van der Waals surface area contributed by atoms with Gasteiger partial charge in [0, 0.05) is 0 Å². The van der Waals surface area contributed by atoms with Crippen LogP contribution in [-0.2, 0) is 12.8 Å². The molecule has 0 N–H and O–H groups in total. The maximum atomic E-state index is 6.04. The number of benzene rings is 2. The zero-order valence-electron chi connectivity index (χ0n) is 16.2. The number of rotatable bonds is 11. The highest BCUT2D eigenvalue weighted by Crippen LogP contribution is 2.24. The Hall–Kier alpha value is -1.71. The lowest BCUT2D eigenvalue weighted by atomic mass is 10.0. The van der Waals surface area contributed by atoms with Gasteiger partial charge in [-0.05, 0) is 76.5 Å². The Balaban J connectivity index is 0.00000338. The number of unbranched alkanes of at least 4 members (excludes halogenated alkanes) is 1. The van der Waals surface area contributed by atoms with Crippen LogP contribution >= 0.6 is 12.4 Å². The summed E-state index contributed by atoms with van der Waals surface area (Å²) in [5.41, 5.74) is 2.52. The number of aryl methyl sites for hydroxylation is 2. The SMILES string of the molecule is CCOc1ccccc1CCc1ccccc1OCCCCN(C)C.Cl. The molecule has 0 heterocycles. The average molecular weight is 378 g/mol. The lowest BCUT2D eigenvalue weighted by Gasteiger charge is -2.14. The molecule has 2 aromatic carbocycles. The molecule has 0 amide bonds. The van der Waals surface area contributed by atoms with Crippen LogP contribution in [0.1, 0.15) is 30.9 Å². The minimum atomic E-state index is 0. The zero-order chi connectivity index (χ0) is 17.9. The van der Waals surface area contributed by atoms with Gasteiger partial charge in [0.1, 0.15) is 11.5 Å². The molecule has 2 aromatic rings. The summed E-state index contributed by atoms with van der Waals surface area (Å²) >= 11 is 0. The molecule has 0 aliphatic carbocycles. The third-order valence-corrected chi connectivity index (χ3v) is 4.17. The third-order valence-electron chi connectivity index (χ3n) is 4.17. The number of ether oxygens (including phenoxy) is 2. The topological polar surface area (TPSA) is 21.7 Å². The first kappa shape index (κ1) is 22.3. The maximum absolute atomic E-state index is 6.04. The first-order valence-electron chi connectivity index (χ1n) is 9.27. The van der Waals surface area contributed by atoms with Gasteiger partial charge in [0.2, 0.25) is 0 Å². The molecular weight excluding hydrogens is 346 g/mol. The molecular formula is C22H32ClNO2. The van der Waals surface area contributed by atoms with Crippen LogP contribution in [0.2, 0.25) is 0 Å². The van der Waals surface area contributed by atoms with E-state index in [0.29, 0.717) is 6.61 Å².